The highest BCUT2D eigenvalue weighted by molar-refractivity contribution is 6.35. The van der Waals surface area contributed by atoms with Crippen molar-refractivity contribution in [3.63, 3.8) is 0 Å². The fourth-order valence-electron chi connectivity index (χ4n) is 4.30. The molecule has 3 N–H and O–H groups in total. The Balaban J connectivity index is 1.33. The average Bonchev–Trinajstić information content (AvgIpc) is 3.49. The Bertz CT molecular complexity index is 803. The zero-order valence-corrected chi connectivity index (χ0v) is 15.7. The number of nitrogens with zero attached hydrogens (tertiary/aromatic N) is 2. The van der Waals surface area contributed by atoms with Gasteiger partial charge in [-0.25, -0.2) is 4.39 Å². The molecule has 3 amide bonds. The van der Waals surface area contributed by atoms with E-state index in [0.717, 1.165) is 24.8 Å². The van der Waals surface area contributed by atoms with Crippen molar-refractivity contribution >= 4 is 23.4 Å². The molecule has 2 unspecified atom stereocenters. The average molecular weight is 388 g/mol. The predicted molar refractivity (Wildman–Crippen MR) is 101 cm³/mol. The molecule has 2 aliphatic carbocycles. The second-order valence-electron chi connectivity index (χ2n) is 7.96. The smallest absolute Gasteiger partial charge is 0.312 e. The van der Waals surface area contributed by atoms with E-state index in [1.165, 1.54) is 29.9 Å². The molecule has 150 valence electrons. The number of nitrogens with one attached hydrogen (secondary N) is 1. The molecule has 4 rings (SSSR count). The number of carbonyl (C=O) groups is 3. The van der Waals surface area contributed by atoms with Gasteiger partial charge in [0.15, 0.2) is 0 Å². The first kappa shape index (κ1) is 18.7. The van der Waals surface area contributed by atoms with Gasteiger partial charge in [-0.15, -0.1) is 0 Å². The van der Waals surface area contributed by atoms with Crippen LogP contribution in [-0.4, -0.2) is 54.8 Å². The lowest BCUT2D eigenvalue weighted by Gasteiger charge is -2.39. The summed E-state index contributed by atoms with van der Waals surface area (Å²) in [6, 6.07) is 4.07. The van der Waals surface area contributed by atoms with Crippen LogP contribution < -0.4 is 16.0 Å². The van der Waals surface area contributed by atoms with E-state index in [1.807, 2.05) is 4.90 Å². The maximum Gasteiger partial charge on any atom is 0.312 e. The van der Waals surface area contributed by atoms with Crippen LogP contribution in [0.2, 0.25) is 0 Å². The number of hydrogen-bond acceptors (Lipinski definition) is 4. The maximum atomic E-state index is 13.4. The largest absolute Gasteiger partial charge is 0.367 e. The summed E-state index contributed by atoms with van der Waals surface area (Å²) >= 11 is 0. The van der Waals surface area contributed by atoms with Crippen molar-refractivity contribution in [1.29, 1.82) is 0 Å². The third-order valence-electron chi connectivity index (χ3n) is 6.20. The van der Waals surface area contributed by atoms with Gasteiger partial charge in [0.05, 0.1) is 5.56 Å². The first-order chi connectivity index (χ1) is 13.4. The van der Waals surface area contributed by atoms with Gasteiger partial charge < -0.3 is 20.9 Å². The summed E-state index contributed by atoms with van der Waals surface area (Å²) in [6.07, 6.45) is 4.57. The molecule has 1 heterocycles. The number of amides is 3. The Hall–Kier alpha value is -2.64. The summed E-state index contributed by atoms with van der Waals surface area (Å²) in [5.41, 5.74) is 6.02. The lowest BCUT2D eigenvalue weighted by atomic mass is 9.76. The van der Waals surface area contributed by atoms with Gasteiger partial charge in [0.1, 0.15) is 5.82 Å². The molecule has 2 atom stereocenters. The Kier molecular flexibility index (Phi) is 4.95. The second kappa shape index (κ2) is 7.41. The zero-order valence-electron chi connectivity index (χ0n) is 15.7. The van der Waals surface area contributed by atoms with E-state index in [-0.39, 0.29) is 11.6 Å². The van der Waals surface area contributed by atoms with Gasteiger partial charge in [-0.05, 0) is 55.7 Å². The van der Waals surface area contributed by atoms with E-state index in [0.29, 0.717) is 37.8 Å². The fraction of sp³-hybridized carbons (Fsp3) is 0.550. The normalized spacial score (nSPS) is 24.5. The van der Waals surface area contributed by atoms with Crippen molar-refractivity contribution in [1.82, 2.24) is 10.2 Å². The van der Waals surface area contributed by atoms with E-state index < -0.39 is 23.5 Å². The van der Waals surface area contributed by atoms with Crippen LogP contribution in [0.25, 0.3) is 0 Å². The summed E-state index contributed by atoms with van der Waals surface area (Å²) in [5.74, 6) is -0.979. The number of primary amides is 1. The van der Waals surface area contributed by atoms with Crippen LogP contribution in [0.3, 0.4) is 0 Å². The van der Waals surface area contributed by atoms with Crippen LogP contribution in [0.1, 0.15) is 36.0 Å². The highest BCUT2D eigenvalue weighted by Gasteiger charge is 2.43. The third-order valence-corrected chi connectivity index (χ3v) is 6.20. The molecule has 1 aromatic rings. The van der Waals surface area contributed by atoms with Crippen molar-refractivity contribution in [3.8, 4) is 0 Å². The molecular formula is C20H25FN4O3. The molecule has 0 bridgehead atoms. The standard InChI is InChI=1S/C20H25FN4O3/c21-13-3-6-17(15(11-13)18(22)26)24-7-9-25(10-8-24)20(28)19(27)23-16-5-4-14(16)12-1-2-12/h3,6,11-12,14,16H,1-2,4-5,7-10H2,(H2,22,26)(H,23,27). The number of hydrogen-bond donors (Lipinski definition) is 2. The minimum atomic E-state index is -0.696. The summed E-state index contributed by atoms with van der Waals surface area (Å²) in [6.45, 7) is 1.61. The number of halogens is 1. The maximum absolute atomic E-state index is 13.4. The molecule has 1 aliphatic heterocycles. The number of nitrogens with two attached hydrogens (primary N) is 1. The number of carbonyl (C=O) groups excluding carboxylic acids is 3. The molecule has 1 saturated heterocycles. The van der Waals surface area contributed by atoms with E-state index in [9.17, 15) is 18.8 Å². The molecule has 3 fully saturated rings. The Labute approximate surface area is 163 Å². The second-order valence-corrected chi connectivity index (χ2v) is 7.96. The van der Waals surface area contributed by atoms with Gasteiger partial charge in [0, 0.05) is 37.9 Å². The highest BCUT2D eigenvalue weighted by Crippen LogP contribution is 2.46. The molecule has 2 saturated carbocycles. The number of piperazine rings is 1. The Morgan fingerprint density at radius 1 is 1.04 bits per heavy atom. The van der Waals surface area contributed by atoms with E-state index in [1.54, 1.807) is 0 Å². The number of rotatable bonds is 4. The first-order valence-corrected chi connectivity index (χ1v) is 9.88. The minimum absolute atomic E-state index is 0.119. The predicted octanol–water partition coefficient (Wildman–Crippen LogP) is 0.878. The van der Waals surface area contributed by atoms with Crippen molar-refractivity contribution in [3.05, 3.63) is 29.6 Å². The fourth-order valence-corrected chi connectivity index (χ4v) is 4.30. The van der Waals surface area contributed by atoms with Crippen LogP contribution in [0.15, 0.2) is 18.2 Å². The first-order valence-electron chi connectivity index (χ1n) is 9.88. The molecule has 28 heavy (non-hydrogen) atoms. The van der Waals surface area contributed by atoms with Crippen LogP contribution in [-0.2, 0) is 9.59 Å². The van der Waals surface area contributed by atoms with Crippen LogP contribution in [0, 0.1) is 17.7 Å². The third kappa shape index (κ3) is 3.68. The highest BCUT2D eigenvalue weighted by atomic mass is 19.1. The minimum Gasteiger partial charge on any atom is -0.367 e. The van der Waals surface area contributed by atoms with Gasteiger partial charge in [-0.3, -0.25) is 14.4 Å². The van der Waals surface area contributed by atoms with E-state index in [2.05, 4.69) is 5.32 Å². The number of anilines is 1. The molecule has 3 aliphatic rings. The van der Waals surface area contributed by atoms with Crippen molar-refractivity contribution in [2.24, 2.45) is 17.6 Å². The molecule has 8 heteroatoms. The van der Waals surface area contributed by atoms with E-state index >= 15 is 0 Å². The molecular weight excluding hydrogens is 363 g/mol. The topological polar surface area (TPSA) is 95.7 Å². The van der Waals surface area contributed by atoms with Gasteiger partial charge in [-0.1, -0.05) is 0 Å². The molecule has 0 aromatic heterocycles. The molecule has 7 nitrogen and oxygen atoms in total. The monoisotopic (exact) mass is 388 g/mol. The van der Waals surface area contributed by atoms with Gasteiger partial charge in [0.25, 0.3) is 5.91 Å². The lowest BCUT2D eigenvalue weighted by molar-refractivity contribution is -0.147. The van der Waals surface area contributed by atoms with E-state index in [4.69, 9.17) is 5.73 Å². The lowest BCUT2D eigenvalue weighted by Crippen LogP contribution is -2.56. The Morgan fingerprint density at radius 3 is 2.32 bits per heavy atom. The van der Waals surface area contributed by atoms with Crippen LogP contribution >= 0.6 is 0 Å². The van der Waals surface area contributed by atoms with Gasteiger partial charge in [0.2, 0.25) is 0 Å². The summed E-state index contributed by atoms with van der Waals surface area (Å²) in [4.78, 5) is 39.9. The summed E-state index contributed by atoms with van der Waals surface area (Å²) in [5, 5.41) is 2.91. The molecule has 0 spiro atoms. The van der Waals surface area contributed by atoms with Crippen molar-refractivity contribution in [2.45, 2.75) is 31.7 Å². The zero-order chi connectivity index (χ0) is 19.8. The van der Waals surface area contributed by atoms with Gasteiger partial charge >= 0.3 is 11.8 Å². The van der Waals surface area contributed by atoms with Crippen molar-refractivity contribution in [2.75, 3.05) is 31.1 Å². The quantitative estimate of drug-likeness (QED) is 0.749. The Morgan fingerprint density at radius 2 is 1.75 bits per heavy atom. The van der Waals surface area contributed by atoms with Gasteiger partial charge in [-0.2, -0.15) is 0 Å². The summed E-state index contributed by atoms with van der Waals surface area (Å²) in [7, 11) is 0. The van der Waals surface area contributed by atoms with Crippen LogP contribution in [0.5, 0.6) is 0 Å². The molecule has 0 radical (unpaired) electrons. The number of benzene rings is 1. The SMILES string of the molecule is NC(=O)c1cc(F)ccc1N1CCN(C(=O)C(=O)NC2CCC2C2CC2)CC1. The van der Waals surface area contributed by atoms with Crippen LogP contribution in [0.4, 0.5) is 10.1 Å². The van der Waals surface area contributed by atoms with Crippen molar-refractivity contribution < 1.29 is 18.8 Å². The molecule has 1 aromatic carbocycles. The summed E-state index contributed by atoms with van der Waals surface area (Å²) < 4.78 is 13.4.